The second-order valence-corrected chi connectivity index (χ2v) is 7.14. The number of nitrogens with one attached hydrogen (secondary N) is 1. The molecule has 102 valence electrons. The Kier molecular flexibility index (Phi) is 3.81. The minimum Gasteiger partial charge on any atom is -0.389 e. The van der Waals surface area contributed by atoms with Crippen molar-refractivity contribution in [2.75, 3.05) is 11.9 Å². The highest BCUT2D eigenvalue weighted by Gasteiger charge is 2.39. The molecule has 2 bridgehead atoms. The van der Waals surface area contributed by atoms with Gasteiger partial charge >= 0.3 is 0 Å². The van der Waals surface area contributed by atoms with Crippen LogP contribution in [-0.2, 0) is 0 Å². The van der Waals surface area contributed by atoms with Crippen molar-refractivity contribution >= 4 is 38.8 Å². The molecule has 3 atom stereocenters. The molecule has 3 rings (SSSR count). The Morgan fingerprint density at radius 2 is 2.21 bits per heavy atom. The van der Waals surface area contributed by atoms with E-state index in [4.69, 9.17) is 18.0 Å². The van der Waals surface area contributed by atoms with Gasteiger partial charge < -0.3 is 11.1 Å². The van der Waals surface area contributed by atoms with Gasteiger partial charge in [-0.05, 0) is 65.1 Å². The van der Waals surface area contributed by atoms with Crippen LogP contribution in [0.3, 0.4) is 0 Å². The summed E-state index contributed by atoms with van der Waals surface area (Å²) in [5.41, 5.74) is 7.81. The maximum absolute atomic E-state index is 5.82. The van der Waals surface area contributed by atoms with Crippen LogP contribution >= 0.6 is 28.1 Å². The van der Waals surface area contributed by atoms with Crippen LogP contribution in [-0.4, -0.2) is 11.5 Å². The minimum atomic E-state index is 0.447. The van der Waals surface area contributed by atoms with E-state index < -0.39 is 0 Å². The summed E-state index contributed by atoms with van der Waals surface area (Å²) in [6.45, 7) is 1.05. The summed E-state index contributed by atoms with van der Waals surface area (Å²) in [5, 5.41) is 3.56. The summed E-state index contributed by atoms with van der Waals surface area (Å²) >= 11 is 8.67. The molecule has 4 heteroatoms. The highest BCUT2D eigenvalue weighted by molar-refractivity contribution is 9.10. The first-order chi connectivity index (χ1) is 9.15. The Hall–Kier alpha value is -0.610. The Morgan fingerprint density at radius 1 is 1.37 bits per heavy atom. The summed E-state index contributed by atoms with van der Waals surface area (Å²) in [6.07, 6.45) is 5.73. The van der Waals surface area contributed by atoms with Crippen molar-refractivity contribution in [2.24, 2.45) is 23.5 Å². The molecule has 3 unspecified atom stereocenters. The van der Waals surface area contributed by atoms with Crippen molar-refractivity contribution in [2.45, 2.75) is 25.7 Å². The molecule has 2 fully saturated rings. The molecule has 0 aromatic heterocycles. The van der Waals surface area contributed by atoms with Crippen LogP contribution in [0.5, 0.6) is 0 Å². The lowest BCUT2D eigenvalue weighted by molar-refractivity contribution is 0.348. The lowest BCUT2D eigenvalue weighted by Gasteiger charge is -2.23. The van der Waals surface area contributed by atoms with Crippen molar-refractivity contribution < 1.29 is 0 Å². The van der Waals surface area contributed by atoms with Gasteiger partial charge in [0, 0.05) is 22.3 Å². The number of thiocarbonyl (C=S) groups is 1. The SMILES string of the molecule is NC(=S)c1c(Br)cccc1NCC1CC2CCC1C2. The Bertz CT molecular complexity index is 503. The topological polar surface area (TPSA) is 38.0 Å². The zero-order valence-corrected chi connectivity index (χ0v) is 13.3. The summed E-state index contributed by atoms with van der Waals surface area (Å²) in [6, 6.07) is 6.07. The van der Waals surface area contributed by atoms with Crippen molar-refractivity contribution in [3.05, 3.63) is 28.2 Å². The molecule has 0 amide bonds. The zero-order chi connectivity index (χ0) is 13.4. The Balaban J connectivity index is 1.70. The third-order valence-corrected chi connectivity index (χ3v) is 5.56. The quantitative estimate of drug-likeness (QED) is 0.817. The van der Waals surface area contributed by atoms with Crippen molar-refractivity contribution in [1.82, 2.24) is 0 Å². The fourth-order valence-corrected chi connectivity index (χ4v) is 4.72. The average molecular weight is 339 g/mol. The normalized spacial score (nSPS) is 28.6. The van der Waals surface area contributed by atoms with E-state index in [9.17, 15) is 0 Å². The van der Waals surface area contributed by atoms with Crippen LogP contribution in [0.2, 0.25) is 0 Å². The van der Waals surface area contributed by atoms with Gasteiger partial charge in [0.15, 0.2) is 0 Å². The standard InChI is InChI=1S/C15H19BrN2S/c16-12-2-1-3-13(14(12)15(17)19)18-8-11-7-9-4-5-10(11)6-9/h1-3,9-11,18H,4-8H2,(H2,17,19). The van der Waals surface area contributed by atoms with Gasteiger partial charge in [-0.15, -0.1) is 0 Å². The molecule has 2 saturated carbocycles. The fourth-order valence-electron chi connectivity index (χ4n) is 3.79. The predicted molar refractivity (Wildman–Crippen MR) is 87.5 cm³/mol. The fraction of sp³-hybridized carbons (Fsp3) is 0.533. The molecule has 0 saturated heterocycles. The number of anilines is 1. The first-order valence-electron chi connectivity index (χ1n) is 6.97. The van der Waals surface area contributed by atoms with E-state index in [0.717, 1.165) is 40.0 Å². The molecule has 1 aromatic carbocycles. The highest BCUT2D eigenvalue weighted by Crippen LogP contribution is 2.48. The van der Waals surface area contributed by atoms with E-state index in [0.29, 0.717) is 4.99 Å². The first kappa shape index (κ1) is 13.4. The maximum Gasteiger partial charge on any atom is 0.107 e. The molecule has 2 nitrogen and oxygen atoms in total. The van der Waals surface area contributed by atoms with E-state index in [1.807, 2.05) is 12.1 Å². The monoisotopic (exact) mass is 338 g/mol. The van der Waals surface area contributed by atoms with Crippen LogP contribution in [0.4, 0.5) is 5.69 Å². The van der Waals surface area contributed by atoms with Crippen molar-refractivity contribution in [3.8, 4) is 0 Å². The molecule has 0 aliphatic heterocycles. The summed E-state index contributed by atoms with van der Waals surface area (Å²) < 4.78 is 0.970. The molecule has 1 aromatic rings. The van der Waals surface area contributed by atoms with E-state index >= 15 is 0 Å². The number of nitrogens with two attached hydrogens (primary N) is 1. The highest BCUT2D eigenvalue weighted by atomic mass is 79.9. The van der Waals surface area contributed by atoms with Crippen LogP contribution in [0.25, 0.3) is 0 Å². The van der Waals surface area contributed by atoms with Crippen LogP contribution in [0.1, 0.15) is 31.2 Å². The van der Waals surface area contributed by atoms with Crippen molar-refractivity contribution in [1.29, 1.82) is 0 Å². The molecule has 0 radical (unpaired) electrons. The maximum atomic E-state index is 5.82. The van der Waals surface area contributed by atoms with Gasteiger partial charge in [0.05, 0.1) is 0 Å². The molecule has 3 N–H and O–H groups in total. The predicted octanol–water partition coefficient (Wildman–Crippen LogP) is 3.93. The number of fused-ring (bicyclic) bond motifs is 2. The molecular weight excluding hydrogens is 320 g/mol. The van der Waals surface area contributed by atoms with Crippen LogP contribution < -0.4 is 11.1 Å². The third kappa shape index (κ3) is 2.65. The van der Waals surface area contributed by atoms with E-state index in [1.165, 1.54) is 25.7 Å². The number of rotatable bonds is 4. The lowest BCUT2D eigenvalue weighted by Crippen LogP contribution is -2.22. The average Bonchev–Trinajstić information content (AvgIpc) is 2.97. The first-order valence-corrected chi connectivity index (χ1v) is 8.17. The van der Waals surface area contributed by atoms with Crippen LogP contribution in [0, 0.1) is 17.8 Å². The van der Waals surface area contributed by atoms with Gasteiger partial charge in [-0.25, -0.2) is 0 Å². The number of hydrogen-bond acceptors (Lipinski definition) is 2. The summed E-state index contributed by atoms with van der Waals surface area (Å²) in [5.74, 6) is 2.77. The lowest BCUT2D eigenvalue weighted by atomic mass is 9.89. The smallest absolute Gasteiger partial charge is 0.107 e. The third-order valence-electron chi connectivity index (χ3n) is 4.70. The van der Waals surface area contributed by atoms with E-state index in [1.54, 1.807) is 0 Å². The minimum absolute atomic E-state index is 0.447. The second kappa shape index (κ2) is 5.41. The van der Waals surface area contributed by atoms with Gasteiger partial charge in [0.25, 0.3) is 0 Å². The van der Waals surface area contributed by atoms with Gasteiger partial charge in [0.2, 0.25) is 0 Å². The summed E-state index contributed by atoms with van der Waals surface area (Å²) in [7, 11) is 0. The van der Waals surface area contributed by atoms with Gasteiger partial charge in [-0.1, -0.05) is 24.7 Å². The van der Waals surface area contributed by atoms with E-state index in [-0.39, 0.29) is 0 Å². The largest absolute Gasteiger partial charge is 0.389 e. The number of halogens is 1. The molecule has 2 aliphatic carbocycles. The van der Waals surface area contributed by atoms with Gasteiger partial charge in [-0.2, -0.15) is 0 Å². The second-order valence-electron chi connectivity index (χ2n) is 5.84. The summed E-state index contributed by atoms with van der Waals surface area (Å²) in [4.78, 5) is 0.447. The van der Waals surface area contributed by atoms with E-state index in [2.05, 4.69) is 27.3 Å². The molecule has 0 spiro atoms. The van der Waals surface area contributed by atoms with Crippen molar-refractivity contribution in [3.63, 3.8) is 0 Å². The van der Waals surface area contributed by atoms with Gasteiger partial charge in [-0.3, -0.25) is 0 Å². The number of hydrogen-bond donors (Lipinski definition) is 2. The zero-order valence-electron chi connectivity index (χ0n) is 10.9. The van der Waals surface area contributed by atoms with Gasteiger partial charge in [0.1, 0.15) is 4.99 Å². The molecule has 0 heterocycles. The molecule has 19 heavy (non-hydrogen) atoms. The Morgan fingerprint density at radius 3 is 2.84 bits per heavy atom. The van der Waals surface area contributed by atoms with Crippen LogP contribution in [0.15, 0.2) is 22.7 Å². The Labute approximate surface area is 128 Å². The molecular formula is C15H19BrN2S. The molecule has 2 aliphatic rings. The number of benzene rings is 1.